The predicted molar refractivity (Wildman–Crippen MR) is 154 cm³/mol. The van der Waals surface area contributed by atoms with Gasteiger partial charge in [0.15, 0.2) is 0 Å². The number of nitrogens with zero attached hydrogens (tertiary/aromatic N) is 1. The molecular formula is C35H29N. The molecule has 6 rings (SSSR count). The first-order valence-corrected chi connectivity index (χ1v) is 12.5. The predicted octanol–water partition coefficient (Wildman–Crippen LogP) is 9.77. The molecule has 0 N–H and O–H groups in total. The van der Waals surface area contributed by atoms with Crippen LogP contribution in [-0.2, 0) is 5.41 Å². The molecule has 0 aliphatic heterocycles. The molecular weight excluding hydrogens is 434 g/mol. The van der Waals surface area contributed by atoms with E-state index >= 15 is 0 Å². The topological polar surface area (TPSA) is 3.24 Å². The van der Waals surface area contributed by atoms with Crippen molar-refractivity contribution in [2.45, 2.75) is 19.3 Å². The summed E-state index contributed by atoms with van der Waals surface area (Å²) in [6.45, 7) is 8.62. The fraction of sp³-hybridized carbons (Fsp3) is 0.0857. The van der Waals surface area contributed by atoms with E-state index in [0.29, 0.717) is 0 Å². The Labute approximate surface area is 214 Å². The first kappa shape index (κ1) is 22.1. The number of rotatable bonds is 5. The summed E-state index contributed by atoms with van der Waals surface area (Å²) in [6.07, 6.45) is 1.93. The average molecular weight is 464 g/mol. The van der Waals surface area contributed by atoms with Crippen molar-refractivity contribution in [3.8, 4) is 22.3 Å². The van der Waals surface area contributed by atoms with Crippen LogP contribution >= 0.6 is 0 Å². The van der Waals surface area contributed by atoms with Gasteiger partial charge < -0.3 is 4.90 Å². The lowest BCUT2D eigenvalue weighted by Gasteiger charge is -2.25. The van der Waals surface area contributed by atoms with Gasteiger partial charge in [0, 0.05) is 22.5 Å². The summed E-state index contributed by atoms with van der Waals surface area (Å²) >= 11 is 0. The molecule has 0 radical (unpaired) electrons. The summed E-state index contributed by atoms with van der Waals surface area (Å²) in [4.78, 5) is 2.30. The van der Waals surface area contributed by atoms with E-state index in [4.69, 9.17) is 0 Å². The molecule has 1 aliphatic carbocycles. The molecule has 0 unspecified atom stereocenters. The maximum atomic E-state index is 3.96. The van der Waals surface area contributed by atoms with E-state index in [1.807, 2.05) is 6.08 Å². The Morgan fingerprint density at radius 2 is 1.06 bits per heavy atom. The van der Waals surface area contributed by atoms with Gasteiger partial charge in [0.2, 0.25) is 0 Å². The second-order valence-electron chi connectivity index (χ2n) is 9.95. The minimum absolute atomic E-state index is 0.0446. The van der Waals surface area contributed by atoms with Crippen molar-refractivity contribution in [2.75, 3.05) is 4.90 Å². The zero-order valence-corrected chi connectivity index (χ0v) is 20.8. The first-order chi connectivity index (χ1) is 17.6. The molecule has 0 saturated carbocycles. The standard InChI is InChI=1S/C35H29N/c1-4-25-15-21-31-32-22-18-27(24-34(32)35(2,3)33(31)23-25)26-16-19-30(20-17-26)36(28-11-7-5-8-12-28)29-13-9-6-10-14-29/h4-24H,1H2,2-3H3. The highest BCUT2D eigenvalue weighted by atomic mass is 15.1. The molecule has 1 aliphatic rings. The molecule has 5 aromatic carbocycles. The molecule has 0 spiro atoms. The third-order valence-corrected chi connectivity index (χ3v) is 7.42. The lowest BCUT2D eigenvalue weighted by atomic mass is 9.81. The highest BCUT2D eigenvalue weighted by Gasteiger charge is 2.35. The maximum absolute atomic E-state index is 3.96. The van der Waals surface area contributed by atoms with Gasteiger partial charge >= 0.3 is 0 Å². The lowest BCUT2D eigenvalue weighted by Crippen LogP contribution is -2.15. The molecule has 0 heterocycles. The van der Waals surface area contributed by atoms with Crippen LogP contribution in [0.1, 0.15) is 30.5 Å². The normalized spacial score (nSPS) is 13.1. The zero-order chi connectivity index (χ0) is 24.7. The van der Waals surface area contributed by atoms with Crippen LogP contribution in [0, 0.1) is 0 Å². The van der Waals surface area contributed by atoms with Gasteiger partial charge in [-0.05, 0) is 81.4 Å². The fourth-order valence-electron chi connectivity index (χ4n) is 5.47. The lowest BCUT2D eigenvalue weighted by molar-refractivity contribution is 0.660. The molecule has 0 amide bonds. The smallest absolute Gasteiger partial charge is 0.0462 e. The van der Waals surface area contributed by atoms with Crippen LogP contribution in [0.3, 0.4) is 0 Å². The van der Waals surface area contributed by atoms with Gasteiger partial charge in [0.05, 0.1) is 0 Å². The molecule has 0 bridgehead atoms. The van der Waals surface area contributed by atoms with Crippen molar-refractivity contribution in [3.63, 3.8) is 0 Å². The van der Waals surface area contributed by atoms with Crippen molar-refractivity contribution >= 4 is 23.1 Å². The highest BCUT2D eigenvalue weighted by molar-refractivity contribution is 5.85. The van der Waals surface area contributed by atoms with Gasteiger partial charge in [-0.1, -0.05) is 105 Å². The average Bonchev–Trinajstić information content (AvgIpc) is 3.16. The van der Waals surface area contributed by atoms with E-state index in [1.165, 1.54) is 38.9 Å². The first-order valence-electron chi connectivity index (χ1n) is 12.5. The van der Waals surface area contributed by atoms with E-state index in [1.54, 1.807) is 0 Å². The monoisotopic (exact) mass is 463 g/mol. The molecule has 0 aromatic heterocycles. The van der Waals surface area contributed by atoms with Crippen molar-refractivity contribution < 1.29 is 0 Å². The van der Waals surface area contributed by atoms with Crippen LogP contribution in [0.4, 0.5) is 17.1 Å². The van der Waals surface area contributed by atoms with E-state index in [0.717, 1.165) is 17.1 Å². The Kier molecular flexibility index (Phi) is 5.34. The number of hydrogen-bond donors (Lipinski definition) is 0. The number of fused-ring (bicyclic) bond motifs is 3. The van der Waals surface area contributed by atoms with E-state index in [9.17, 15) is 0 Å². The van der Waals surface area contributed by atoms with E-state index < -0.39 is 0 Å². The molecule has 5 aromatic rings. The summed E-state index contributed by atoms with van der Waals surface area (Å²) in [6, 6.07) is 43.6. The fourth-order valence-corrected chi connectivity index (χ4v) is 5.47. The van der Waals surface area contributed by atoms with Gasteiger partial charge in [-0.3, -0.25) is 0 Å². The van der Waals surface area contributed by atoms with Gasteiger partial charge in [0.25, 0.3) is 0 Å². The van der Waals surface area contributed by atoms with Gasteiger partial charge in [-0.15, -0.1) is 0 Å². The van der Waals surface area contributed by atoms with Crippen LogP contribution < -0.4 is 4.90 Å². The van der Waals surface area contributed by atoms with Gasteiger partial charge in [-0.25, -0.2) is 0 Å². The van der Waals surface area contributed by atoms with E-state index in [2.05, 4.69) is 147 Å². The Morgan fingerprint density at radius 3 is 1.64 bits per heavy atom. The third-order valence-electron chi connectivity index (χ3n) is 7.42. The third kappa shape index (κ3) is 3.65. The molecule has 0 saturated heterocycles. The Balaban J connectivity index is 1.38. The Hall–Kier alpha value is -4.36. The maximum Gasteiger partial charge on any atom is 0.0462 e. The molecule has 1 nitrogen and oxygen atoms in total. The van der Waals surface area contributed by atoms with E-state index in [-0.39, 0.29) is 5.41 Å². The minimum atomic E-state index is -0.0446. The summed E-state index contributed by atoms with van der Waals surface area (Å²) in [5.74, 6) is 0. The second-order valence-corrected chi connectivity index (χ2v) is 9.95. The molecule has 36 heavy (non-hydrogen) atoms. The van der Waals surface area contributed by atoms with Crippen LogP contribution in [0.2, 0.25) is 0 Å². The number of hydrogen-bond acceptors (Lipinski definition) is 1. The van der Waals surface area contributed by atoms with Crippen molar-refractivity contribution in [3.05, 3.63) is 145 Å². The Morgan fingerprint density at radius 1 is 0.556 bits per heavy atom. The highest BCUT2D eigenvalue weighted by Crippen LogP contribution is 2.50. The number of benzene rings is 5. The summed E-state index contributed by atoms with van der Waals surface area (Å²) in [7, 11) is 0. The molecule has 174 valence electrons. The number of anilines is 3. The van der Waals surface area contributed by atoms with Gasteiger partial charge in [-0.2, -0.15) is 0 Å². The summed E-state index contributed by atoms with van der Waals surface area (Å²) in [5.41, 5.74) is 12.5. The van der Waals surface area contributed by atoms with Crippen molar-refractivity contribution in [1.29, 1.82) is 0 Å². The molecule has 0 atom stereocenters. The number of para-hydroxylation sites is 2. The van der Waals surface area contributed by atoms with Crippen LogP contribution in [0.25, 0.3) is 28.3 Å². The van der Waals surface area contributed by atoms with Crippen LogP contribution in [-0.4, -0.2) is 0 Å². The van der Waals surface area contributed by atoms with Crippen LogP contribution in [0.5, 0.6) is 0 Å². The Bertz CT molecular complexity index is 1500. The minimum Gasteiger partial charge on any atom is -0.311 e. The zero-order valence-electron chi connectivity index (χ0n) is 20.8. The molecule has 1 heteroatoms. The van der Waals surface area contributed by atoms with Crippen molar-refractivity contribution in [2.24, 2.45) is 0 Å². The largest absolute Gasteiger partial charge is 0.311 e. The quantitative estimate of drug-likeness (QED) is 0.251. The van der Waals surface area contributed by atoms with Crippen LogP contribution in [0.15, 0.2) is 128 Å². The summed E-state index contributed by atoms with van der Waals surface area (Å²) in [5, 5.41) is 0. The molecule has 0 fully saturated rings. The second kappa shape index (κ2) is 8.70. The van der Waals surface area contributed by atoms with Crippen molar-refractivity contribution in [1.82, 2.24) is 0 Å². The summed E-state index contributed by atoms with van der Waals surface area (Å²) < 4.78 is 0. The SMILES string of the molecule is C=Cc1ccc2c(c1)C(C)(C)c1cc(-c3ccc(N(c4ccccc4)c4ccccc4)cc3)ccc1-2. The van der Waals surface area contributed by atoms with Gasteiger partial charge in [0.1, 0.15) is 0 Å².